The molecule has 1 unspecified atom stereocenters. The third-order valence-electron chi connectivity index (χ3n) is 3.36. The van der Waals surface area contributed by atoms with Gasteiger partial charge in [0.2, 0.25) is 5.91 Å². The molecule has 0 spiro atoms. The number of amides is 1. The van der Waals surface area contributed by atoms with Crippen molar-refractivity contribution >= 4 is 27.5 Å². The number of carbonyl (C=O) groups excluding carboxylic acids is 1. The molecule has 0 aliphatic carbocycles. The minimum Gasteiger partial charge on any atom is -0.325 e. The van der Waals surface area contributed by atoms with Gasteiger partial charge < -0.3 is 10.6 Å². The first-order valence-electron chi connectivity index (χ1n) is 5.80. The molecule has 0 radical (unpaired) electrons. The van der Waals surface area contributed by atoms with Crippen molar-refractivity contribution in [1.82, 2.24) is 5.32 Å². The number of halogens is 1. The summed E-state index contributed by atoms with van der Waals surface area (Å²) in [5, 5.41) is 6.24. The SMILES string of the molecule is Cc1cccc(NC(=O)C2(C)CCNC2)c1Br. The summed E-state index contributed by atoms with van der Waals surface area (Å²) in [4.78, 5) is 12.2. The maximum absolute atomic E-state index is 12.2. The lowest BCUT2D eigenvalue weighted by molar-refractivity contribution is -0.123. The highest BCUT2D eigenvalue weighted by Gasteiger charge is 2.36. The van der Waals surface area contributed by atoms with Gasteiger partial charge >= 0.3 is 0 Å². The molecule has 3 nitrogen and oxygen atoms in total. The third-order valence-corrected chi connectivity index (χ3v) is 4.41. The highest BCUT2D eigenvalue weighted by Crippen LogP contribution is 2.30. The van der Waals surface area contributed by atoms with Gasteiger partial charge in [-0.15, -0.1) is 0 Å². The number of rotatable bonds is 2. The Labute approximate surface area is 110 Å². The lowest BCUT2D eigenvalue weighted by Crippen LogP contribution is -2.35. The van der Waals surface area contributed by atoms with E-state index in [0.29, 0.717) is 0 Å². The fourth-order valence-electron chi connectivity index (χ4n) is 2.03. The standard InChI is InChI=1S/C13H17BrN2O/c1-9-4-3-5-10(11(9)14)16-12(17)13(2)6-7-15-8-13/h3-5,15H,6-8H2,1-2H3,(H,16,17). The number of benzene rings is 1. The average Bonchev–Trinajstić information content (AvgIpc) is 2.73. The highest BCUT2D eigenvalue weighted by atomic mass is 79.9. The van der Waals surface area contributed by atoms with Crippen LogP contribution >= 0.6 is 15.9 Å². The number of anilines is 1. The topological polar surface area (TPSA) is 41.1 Å². The molecule has 1 heterocycles. The van der Waals surface area contributed by atoms with Gasteiger partial charge in [0.1, 0.15) is 0 Å². The van der Waals surface area contributed by atoms with Crippen LogP contribution in [-0.4, -0.2) is 19.0 Å². The molecule has 17 heavy (non-hydrogen) atoms. The van der Waals surface area contributed by atoms with Crippen molar-refractivity contribution in [2.75, 3.05) is 18.4 Å². The second-order valence-corrected chi connectivity index (χ2v) is 5.67. The van der Waals surface area contributed by atoms with Crippen molar-refractivity contribution < 1.29 is 4.79 Å². The smallest absolute Gasteiger partial charge is 0.231 e. The Balaban J connectivity index is 2.16. The zero-order valence-electron chi connectivity index (χ0n) is 10.1. The van der Waals surface area contributed by atoms with Gasteiger partial charge in [0.05, 0.1) is 11.1 Å². The molecule has 1 fully saturated rings. The Hall–Kier alpha value is -0.870. The monoisotopic (exact) mass is 296 g/mol. The van der Waals surface area contributed by atoms with Crippen molar-refractivity contribution in [1.29, 1.82) is 0 Å². The molecule has 2 rings (SSSR count). The summed E-state index contributed by atoms with van der Waals surface area (Å²) in [6, 6.07) is 5.88. The van der Waals surface area contributed by atoms with Crippen LogP contribution in [0, 0.1) is 12.3 Å². The normalized spacial score (nSPS) is 23.7. The van der Waals surface area contributed by atoms with Crippen LogP contribution in [0.3, 0.4) is 0 Å². The highest BCUT2D eigenvalue weighted by molar-refractivity contribution is 9.10. The van der Waals surface area contributed by atoms with Crippen LogP contribution in [0.2, 0.25) is 0 Å². The molecular formula is C13H17BrN2O. The van der Waals surface area contributed by atoms with Crippen molar-refractivity contribution in [3.05, 3.63) is 28.2 Å². The van der Waals surface area contributed by atoms with Gasteiger partial charge in [-0.2, -0.15) is 0 Å². The third kappa shape index (κ3) is 2.53. The number of hydrogen-bond donors (Lipinski definition) is 2. The van der Waals surface area contributed by atoms with Crippen molar-refractivity contribution in [3.8, 4) is 0 Å². The molecule has 4 heteroatoms. The lowest BCUT2D eigenvalue weighted by atomic mass is 9.88. The van der Waals surface area contributed by atoms with E-state index in [2.05, 4.69) is 26.6 Å². The van der Waals surface area contributed by atoms with E-state index in [-0.39, 0.29) is 11.3 Å². The van der Waals surface area contributed by atoms with Crippen LogP contribution in [0.4, 0.5) is 5.69 Å². The molecule has 1 aliphatic heterocycles. The fraction of sp³-hybridized carbons (Fsp3) is 0.462. The summed E-state index contributed by atoms with van der Waals surface area (Å²) in [5.41, 5.74) is 1.68. The van der Waals surface area contributed by atoms with Crippen LogP contribution in [0.15, 0.2) is 22.7 Å². The average molecular weight is 297 g/mol. The van der Waals surface area contributed by atoms with Gasteiger partial charge in [-0.25, -0.2) is 0 Å². The number of aryl methyl sites for hydroxylation is 1. The molecule has 0 saturated carbocycles. The zero-order chi connectivity index (χ0) is 12.5. The summed E-state index contributed by atoms with van der Waals surface area (Å²) in [6.07, 6.45) is 0.891. The number of nitrogens with one attached hydrogen (secondary N) is 2. The van der Waals surface area contributed by atoms with E-state index in [4.69, 9.17) is 0 Å². The molecule has 1 aromatic carbocycles. The van der Waals surface area contributed by atoms with Crippen molar-refractivity contribution in [2.24, 2.45) is 5.41 Å². The predicted molar refractivity (Wildman–Crippen MR) is 73.1 cm³/mol. The Morgan fingerprint density at radius 1 is 1.53 bits per heavy atom. The fourth-order valence-corrected chi connectivity index (χ4v) is 2.39. The second-order valence-electron chi connectivity index (χ2n) is 4.88. The minimum atomic E-state index is -0.289. The van der Waals surface area contributed by atoms with Crippen LogP contribution in [0.25, 0.3) is 0 Å². The van der Waals surface area contributed by atoms with Crippen LogP contribution in [0.1, 0.15) is 18.9 Å². The molecule has 0 aromatic heterocycles. The largest absolute Gasteiger partial charge is 0.325 e. The van der Waals surface area contributed by atoms with Gasteiger partial charge in [-0.3, -0.25) is 4.79 Å². The van der Waals surface area contributed by atoms with Crippen LogP contribution in [-0.2, 0) is 4.79 Å². The van der Waals surface area contributed by atoms with Crippen LogP contribution in [0.5, 0.6) is 0 Å². The molecule has 1 atom stereocenters. The molecule has 1 amide bonds. The van der Waals surface area contributed by atoms with Crippen LogP contribution < -0.4 is 10.6 Å². The predicted octanol–water partition coefficient (Wildman–Crippen LogP) is 2.70. The maximum atomic E-state index is 12.2. The summed E-state index contributed by atoms with van der Waals surface area (Å²) in [7, 11) is 0. The molecule has 2 N–H and O–H groups in total. The summed E-state index contributed by atoms with van der Waals surface area (Å²) >= 11 is 3.50. The van der Waals surface area contributed by atoms with Crippen molar-refractivity contribution in [2.45, 2.75) is 20.3 Å². The van der Waals surface area contributed by atoms with E-state index < -0.39 is 0 Å². The minimum absolute atomic E-state index is 0.0915. The molecule has 1 saturated heterocycles. The first-order chi connectivity index (χ1) is 8.03. The van der Waals surface area contributed by atoms with E-state index in [1.165, 1.54) is 0 Å². The Kier molecular flexibility index (Phi) is 3.54. The quantitative estimate of drug-likeness (QED) is 0.881. The summed E-state index contributed by atoms with van der Waals surface area (Å²) in [5.74, 6) is 0.0915. The molecule has 1 aliphatic rings. The van der Waals surface area contributed by atoms with Gasteiger partial charge in [-0.05, 0) is 54.4 Å². The summed E-state index contributed by atoms with van der Waals surface area (Å²) in [6.45, 7) is 5.69. The second kappa shape index (κ2) is 4.78. The Bertz CT molecular complexity index is 439. The van der Waals surface area contributed by atoms with Gasteiger partial charge in [0.25, 0.3) is 0 Å². The Morgan fingerprint density at radius 3 is 2.94 bits per heavy atom. The summed E-state index contributed by atoms with van der Waals surface area (Å²) < 4.78 is 0.961. The van der Waals surface area contributed by atoms with E-state index in [1.54, 1.807) is 0 Å². The Morgan fingerprint density at radius 2 is 2.29 bits per heavy atom. The first-order valence-corrected chi connectivity index (χ1v) is 6.59. The van der Waals surface area contributed by atoms with Gasteiger partial charge in [0, 0.05) is 11.0 Å². The van der Waals surface area contributed by atoms with E-state index in [0.717, 1.165) is 35.2 Å². The van der Waals surface area contributed by atoms with E-state index in [1.807, 2.05) is 32.0 Å². The zero-order valence-corrected chi connectivity index (χ0v) is 11.7. The number of hydrogen-bond acceptors (Lipinski definition) is 2. The van der Waals surface area contributed by atoms with Gasteiger partial charge in [0.15, 0.2) is 0 Å². The molecular weight excluding hydrogens is 280 g/mol. The van der Waals surface area contributed by atoms with Crippen molar-refractivity contribution in [3.63, 3.8) is 0 Å². The molecule has 92 valence electrons. The lowest BCUT2D eigenvalue weighted by Gasteiger charge is -2.22. The molecule has 0 bridgehead atoms. The molecule has 1 aromatic rings. The maximum Gasteiger partial charge on any atom is 0.231 e. The number of carbonyl (C=O) groups is 1. The first kappa shape index (κ1) is 12.6. The van der Waals surface area contributed by atoms with E-state index >= 15 is 0 Å². The van der Waals surface area contributed by atoms with Gasteiger partial charge in [-0.1, -0.05) is 12.1 Å². The van der Waals surface area contributed by atoms with E-state index in [9.17, 15) is 4.79 Å².